The third-order valence-corrected chi connectivity index (χ3v) is 12.6. The predicted molar refractivity (Wildman–Crippen MR) is 261 cm³/mol. The lowest BCUT2D eigenvalue weighted by Gasteiger charge is -2.30. The molecule has 0 saturated heterocycles. The molecule has 1 aliphatic rings. The minimum absolute atomic E-state index is 0.208. The molecular formula is C59H44N2. The highest BCUT2D eigenvalue weighted by Gasteiger charge is 2.36. The lowest BCUT2D eigenvalue weighted by Crippen LogP contribution is -2.17. The van der Waals surface area contributed by atoms with E-state index in [4.69, 9.17) is 0 Å². The molecule has 1 aliphatic carbocycles. The van der Waals surface area contributed by atoms with E-state index in [1.54, 1.807) is 0 Å². The average molecular weight is 781 g/mol. The summed E-state index contributed by atoms with van der Waals surface area (Å²) >= 11 is 0. The maximum absolute atomic E-state index is 2.49. The summed E-state index contributed by atoms with van der Waals surface area (Å²) in [6, 6.07) is 79.5. The Kier molecular flexibility index (Phi) is 8.86. The van der Waals surface area contributed by atoms with Crippen molar-refractivity contribution >= 4 is 78.6 Å². The van der Waals surface area contributed by atoms with Crippen LogP contribution in [0, 0.1) is 0 Å². The monoisotopic (exact) mass is 780 g/mol. The van der Waals surface area contributed by atoms with Gasteiger partial charge >= 0.3 is 0 Å². The summed E-state index contributed by atoms with van der Waals surface area (Å²) in [6.45, 7) is 4.76. The first kappa shape index (κ1) is 36.4. The number of para-hydroxylation sites is 2. The zero-order chi connectivity index (χ0) is 40.9. The SMILES string of the molecule is CC1(C)c2cc(C=Cc3ccc(N(c4ccccc4)c4ccccc4)cc3)ccc2-c2ccc(N(c3cccc4ccccc34)c3cc4ccccc4c4ccccc34)cc21. The van der Waals surface area contributed by atoms with Gasteiger partial charge in [-0.1, -0.05) is 184 Å². The topological polar surface area (TPSA) is 6.48 Å². The molecule has 10 aromatic rings. The molecule has 0 amide bonds. The van der Waals surface area contributed by atoms with Crippen LogP contribution in [0.5, 0.6) is 0 Å². The van der Waals surface area contributed by atoms with Gasteiger partial charge in [0.1, 0.15) is 0 Å². The molecule has 2 nitrogen and oxygen atoms in total. The first-order valence-corrected chi connectivity index (χ1v) is 21.2. The second kappa shape index (κ2) is 14.9. The Morgan fingerprint density at radius 3 is 1.56 bits per heavy atom. The summed E-state index contributed by atoms with van der Waals surface area (Å²) in [5.41, 5.74) is 14.3. The van der Waals surface area contributed by atoms with Crippen LogP contribution in [0.15, 0.2) is 218 Å². The molecule has 11 rings (SSSR count). The number of hydrogen-bond acceptors (Lipinski definition) is 2. The van der Waals surface area contributed by atoms with Crippen LogP contribution >= 0.6 is 0 Å². The molecule has 0 atom stereocenters. The molecule has 0 N–H and O–H groups in total. The van der Waals surface area contributed by atoms with Gasteiger partial charge in [0.05, 0.1) is 11.4 Å². The highest BCUT2D eigenvalue weighted by Crippen LogP contribution is 2.52. The van der Waals surface area contributed by atoms with E-state index >= 15 is 0 Å². The van der Waals surface area contributed by atoms with Crippen LogP contribution < -0.4 is 9.80 Å². The van der Waals surface area contributed by atoms with Gasteiger partial charge in [-0.3, -0.25) is 0 Å². The fourth-order valence-electron chi connectivity index (χ4n) is 9.54. The zero-order valence-electron chi connectivity index (χ0n) is 34.3. The standard InChI is InChI=1S/C59H44N2/c1-59(2)55-38-42(29-28-41-30-33-47(34-31-41)60(45-19-5-3-6-20-45)46-21-7-4-8-22-46)32-36-52(55)53-37-35-48(40-56(53)59)61(57-27-15-18-43-16-9-12-24-50(43)57)58-39-44-17-10-11-23-49(44)51-25-13-14-26-54(51)58/h3-40H,1-2H3. The molecule has 2 heteroatoms. The quantitative estimate of drug-likeness (QED) is 0.112. The van der Waals surface area contributed by atoms with Crippen molar-refractivity contribution in [1.29, 1.82) is 0 Å². The third kappa shape index (κ3) is 6.36. The van der Waals surface area contributed by atoms with Crippen molar-refractivity contribution in [3.8, 4) is 11.1 Å². The van der Waals surface area contributed by atoms with Gasteiger partial charge in [-0.15, -0.1) is 0 Å². The van der Waals surface area contributed by atoms with E-state index < -0.39 is 0 Å². The highest BCUT2D eigenvalue weighted by molar-refractivity contribution is 6.15. The molecule has 290 valence electrons. The van der Waals surface area contributed by atoms with E-state index in [2.05, 4.69) is 254 Å². The van der Waals surface area contributed by atoms with Crippen molar-refractivity contribution in [2.75, 3.05) is 9.80 Å². The average Bonchev–Trinajstić information content (AvgIpc) is 3.54. The third-order valence-electron chi connectivity index (χ3n) is 12.6. The molecule has 0 aliphatic heterocycles. The molecule has 0 aromatic heterocycles. The van der Waals surface area contributed by atoms with E-state index in [1.165, 1.54) is 71.5 Å². The van der Waals surface area contributed by atoms with Crippen molar-refractivity contribution in [2.45, 2.75) is 19.3 Å². The van der Waals surface area contributed by atoms with Crippen LogP contribution in [0.4, 0.5) is 34.1 Å². The molecule has 0 heterocycles. The van der Waals surface area contributed by atoms with Crippen LogP contribution in [0.1, 0.15) is 36.1 Å². The second-order valence-electron chi connectivity index (χ2n) is 16.6. The number of anilines is 6. The van der Waals surface area contributed by atoms with Crippen LogP contribution in [0.2, 0.25) is 0 Å². The first-order valence-electron chi connectivity index (χ1n) is 21.2. The van der Waals surface area contributed by atoms with Crippen LogP contribution in [0.3, 0.4) is 0 Å². The van der Waals surface area contributed by atoms with E-state index in [9.17, 15) is 0 Å². The Morgan fingerprint density at radius 1 is 0.328 bits per heavy atom. The number of rotatable bonds is 8. The second-order valence-corrected chi connectivity index (χ2v) is 16.6. The molecular weight excluding hydrogens is 737 g/mol. The highest BCUT2D eigenvalue weighted by atomic mass is 15.1. The molecule has 0 radical (unpaired) electrons. The van der Waals surface area contributed by atoms with Crippen molar-refractivity contribution < 1.29 is 0 Å². The summed E-state index contributed by atoms with van der Waals surface area (Å²) in [6.07, 6.45) is 4.48. The molecule has 0 fully saturated rings. The largest absolute Gasteiger partial charge is 0.311 e. The van der Waals surface area contributed by atoms with Gasteiger partial charge in [0.15, 0.2) is 0 Å². The van der Waals surface area contributed by atoms with Crippen molar-refractivity contribution in [1.82, 2.24) is 0 Å². The van der Waals surface area contributed by atoms with Gasteiger partial charge in [0.25, 0.3) is 0 Å². The molecule has 10 aromatic carbocycles. The van der Waals surface area contributed by atoms with Crippen molar-refractivity contribution in [3.63, 3.8) is 0 Å². The summed E-state index contributed by atoms with van der Waals surface area (Å²) in [5.74, 6) is 0. The van der Waals surface area contributed by atoms with Gasteiger partial charge in [-0.25, -0.2) is 0 Å². The Bertz CT molecular complexity index is 3230. The van der Waals surface area contributed by atoms with E-state index in [0.29, 0.717) is 0 Å². The minimum atomic E-state index is -0.208. The van der Waals surface area contributed by atoms with E-state index in [-0.39, 0.29) is 5.41 Å². The van der Waals surface area contributed by atoms with Gasteiger partial charge in [-0.05, 0) is 116 Å². The van der Waals surface area contributed by atoms with E-state index in [1.807, 2.05) is 0 Å². The summed E-state index contributed by atoms with van der Waals surface area (Å²) in [7, 11) is 0. The maximum atomic E-state index is 2.49. The number of fused-ring (bicyclic) bond motifs is 7. The smallest absolute Gasteiger partial charge is 0.0546 e. The zero-order valence-corrected chi connectivity index (χ0v) is 34.3. The Hall–Kier alpha value is -7.68. The van der Waals surface area contributed by atoms with Crippen molar-refractivity contribution in [2.24, 2.45) is 0 Å². The van der Waals surface area contributed by atoms with Crippen LogP contribution in [-0.4, -0.2) is 0 Å². The molecule has 0 saturated carbocycles. The molecule has 61 heavy (non-hydrogen) atoms. The number of benzene rings is 10. The molecule has 0 unspecified atom stereocenters. The summed E-state index contributed by atoms with van der Waals surface area (Å²) < 4.78 is 0. The number of hydrogen-bond donors (Lipinski definition) is 0. The first-order chi connectivity index (χ1) is 30.0. The van der Waals surface area contributed by atoms with Gasteiger partial charge < -0.3 is 9.80 Å². The van der Waals surface area contributed by atoms with Gasteiger partial charge in [-0.2, -0.15) is 0 Å². The van der Waals surface area contributed by atoms with Gasteiger partial charge in [0, 0.05) is 38.9 Å². The van der Waals surface area contributed by atoms with Gasteiger partial charge in [0.2, 0.25) is 0 Å². The molecule has 0 bridgehead atoms. The fraction of sp³-hybridized carbons (Fsp3) is 0.0508. The van der Waals surface area contributed by atoms with Crippen molar-refractivity contribution in [3.05, 3.63) is 241 Å². The normalized spacial score (nSPS) is 12.8. The Morgan fingerprint density at radius 2 is 0.836 bits per heavy atom. The summed E-state index contributed by atoms with van der Waals surface area (Å²) in [4.78, 5) is 4.79. The molecule has 0 spiro atoms. The number of nitrogens with zero attached hydrogens (tertiary/aromatic N) is 2. The minimum Gasteiger partial charge on any atom is -0.311 e. The van der Waals surface area contributed by atoms with E-state index in [0.717, 1.165) is 28.3 Å². The lowest BCUT2D eigenvalue weighted by molar-refractivity contribution is 0.660. The Balaban J connectivity index is 0.959. The fourth-order valence-corrected chi connectivity index (χ4v) is 9.54. The predicted octanol–water partition coefficient (Wildman–Crippen LogP) is 16.6. The maximum Gasteiger partial charge on any atom is 0.0546 e. The lowest BCUT2D eigenvalue weighted by atomic mass is 9.81. The Labute approximate surface area is 357 Å². The van der Waals surface area contributed by atoms with Crippen LogP contribution in [-0.2, 0) is 5.41 Å². The summed E-state index contributed by atoms with van der Waals surface area (Å²) in [5, 5.41) is 7.43. The van der Waals surface area contributed by atoms with Crippen LogP contribution in [0.25, 0.3) is 55.6 Å².